The van der Waals surface area contributed by atoms with Crippen LogP contribution in [0.3, 0.4) is 0 Å². The van der Waals surface area contributed by atoms with Crippen molar-refractivity contribution >= 4 is 21.6 Å². The number of halogens is 1. The Kier molecular flexibility index (Phi) is 4.30. The van der Waals surface area contributed by atoms with Gasteiger partial charge in [0.1, 0.15) is 0 Å². The molecule has 0 radical (unpaired) electrons. The molecule has 0 heterocycles. The average molecular weight is 313 g/mol. The molecule has 0 atom stereocenters. The quantitative estimate of drug-likeness (QED) is 0.901. The van der Waals surface area contributed by atoms with Crippen molar-refractivity contribution in [2.75, 3.05) is 18.5 Å². The molecule has 3 nitrogen and oxygen atoms in total. The minimum Gasteiger partial charge on any atom is -0.389 e. The van der Waals surface area contributed by atoms with E-state index < -0.39 is 5.60 Å². The number of rotatable bonds is 3. The van der Waals surface area contributed by atoms with Crippen molar-refractivity contribution in [1.82, 2.24) is 0 Å². The fourth-order valence-corrected chi connectivity index (χ4v) is 2.88. The summed E-state index contributed by atoms with van der Waals surface area (Å²) in [5.74, 6) is 0. The third-order valence-electron chi connectivity index (χ3n) is 4.05. The van der Waals surface area contributed by atoms with E-state index in [9.17, 15) is 5.11 Å². The van der Waals surface area contributed by atoms with Gasteiger partial charge in [0.05, 0.1) is 5.60 Å². The zero-order valence-corrected chi connectivity index (χ0v) is 12.4. The van der Waals surface area contributed by atoms with Crippen molar-refractivity contribution in [3.8, 4) is 0 Å². The summed E-state index contributed by atoms with van der Waals surface area (Å²) in [5, 5.41) is 10.1. The molecule has 0 amide bonds. The standard InChI is InChI=1S/C14H21BrN2O/c1-17(12-4-2-11(15)3-5-12)13-6-8-14(18,10-16)9-7-13/h2-5,13,18H,6-10,16H2,1H3. The summed E-state index contributed by atoms with van der Waals surface area (Å²) in [6.45, 7) is 0.377. The fraction of sp³-hybridized carbons (Fsp3) is 0.571. The second-order valence-electron chi connectivity index (χ2n) is 5.25. The Morgan fingerprint density at radius 3 is 2.39 bits per heavy atom. The SMILES string of the molecule is CN(c1ccc(Br)cc1)C1CCC(O)(CN)CC1. The maximum Gasteiger partial charge on any atom is 0.0770 e. The maximum absolute atomic E-state index is 10.1. The molecule has 1 aromatic rings. The molecule has 1 saturated carbocycles. The van der Waals surface area contributed by atoms with Crippen LogP contribution in [0.15, 0.2) is 28.7 Å². The van der Waals surface area contributed by atoms with Crippen LogP contribution >= 0.6 is 15.9 Å². The molecule has 1 aromatic carbocycles. The van der Waals surface area contributed by atoms with Crippen molar-refractivity contribution in [2.24, 2.45) is 5.73 Å². The van der Waals surface area contributed by atoms with Crippen LogP contribution in [0.2, 0.25) is 0 Å². The van der Waals surface area contributed by atoms with Gasteiger partial charge in [-0.3, -0.25) is 0 Å². The van der Waals surface area contributed by atoms with Crippen LogP contribution in [0.5, 0.6) is 0 Å². The highest BCUT2D eigenvalue weighted by molar-refractivity contribution is 9.10. The van der Waals surface area contributed by atoms with Crippen molar-refractivity contribution in [2.45, 2.75) is 37.3 Å². The number of nitrogens with two attached hydrogens (primary N) is 1. The van der Waals surface area contributed by atoms with Gasteiger partial charge >= 0.3 is 0 Å². The van der Waals surface area contributed by atoms with Gasteiger partial charge in [0.15, 0.2) is 0 Å². The minimum atomic E-state index is -0.628. The molecule has 0 aromatic heterocycles. The summed E-state index contributed by atoms with van der Waals surface area (Å²) in [5.41, 5.74) is 6.21. The number of aliphatic hydroxyl groups is 1. The van der Waals surface area contributed by atoms with Gasteiger partial charge < -0.3 is 15.7 Å². The number of hydrogen-bond acceptors (Lipinski definition) is 3. The van der Waals surface area contributed by atoms with Gasteiger partial charge in [0, 0.05) is 29.8 Å². The van der Waals surface area contributed by atoms with Gasteiger partial charge in [0.2, 0.25) is 0 Å². The van der Waals surface area contributed by atoms with Gasteiger partial charge in [-0.15, -0.1) is 0 Å². The summed E-state index contributed by atoms with van der Waals surface area (Å²) < 4.78 is 1.10. The van der Waals surface area contributed by atoms with E-state index in [1.807, 2.05) is 0 Å². The Balaban J connectivity index is 1.99. The van der Waals surface area contributed by atoms with Crippen molar-refractivity contribution in [1.29, 1.82) is 0 Å². The Labute approximate surface area is 117 Å². The molecule has 2 rings (SSSR count). The molecule has 0 bridgehead atoms. The molecule has 100 valence electrons. The van der Waals surface area contributed by atoms with Gasteiger partial charge in [-0.2, -0.15) is 0 Å². The van der Waals surface area contributed by atoms with Gasteiger partial charge in [-0.25, -0.2) is 0 Å². The van der Waals surface area contributed by atoms with E-state index in [2.05, 4.69) is 52.1 Å². The van der Waals surface area contributed by atoms with E-state index in [1.165, 1.54) is 5.69 Å². The first-order valence-corrected chi connectivity index (χ1v) is 7.24. The lowest BCUT2D eigenvalue weighted by Crippen LogP contribution is -2.46. The highest BCUT2D eigenvalue weighted by atomic mass is 79.9. The monoisotopic (exact) mass is 312 g/mol. The summed E-state index contributed by atoms with van der Waals surface area (Å²) in [6.07, 6.45) is 3.60. The summed E-state index contributed by atoms with van der Waals surface area (Å²) in [6, 6.07) is 8.86. The molecule has 1 aliphatic carbocycles. The topological polar surface area (TPSA) is 49.5 Å². The number of anilines is 1. The Morgan fingerprint density at radius 1 is 1.33 bits per heavy atom. The van der Waals surface area contributed by atoms with Crippen LogP contribution in [0.1, 0.15) is 25.7 Å². The van der Waals surface area contributed by atoms with Crippen molar-refractivity contribution < 1.29 is 5.11 Å². The fourth-order valence-electron chi connectivity index (χ4n) is 2.62. The third-order valence-corrected chi connectivity index (χ3v) is 4.58. The first-order chi connectivity index (χ1) is 8.54. The molecule has 0 saturated heterocycles. The minimum absolute atomic E-state index is 0.377. The molecule has 0 aliphatic heterocycles. The summed E-state index contributed by atoms with van der Waals surface area (Å²) in [4.78, 5) is 2.31. The highest BCUT2D eigenvalue weighted by Crippen LogP contribution is 2.32. The van der Waals surface area contributed by atoms with Crippen LogP contribution in [-0.4, -0.2) is 30.3 Å². The van der Waals surface area contributed by atoms with E-state index in [-0.39, 0.29) is 0 Å². The van der Waals surface area contributed by atoms with E-state index in [1.54, 1.807) is 0 Å². The number of benzene rings is 1. The maximum atomic E-state index is 10.1. The molecular formula is C14H21BrN2O. The normalized spacial score (nSPS) is 28.1. The molecular weight excluding hydrogens is 292 g/mol. The predicted molar refractivity (Wildman–Crippen MR) is 78.8 cm³/mol. The smallest absolute Gasteiger partial charge is 0.0770 e. The van der Waals surface area contributed by atoms with E-state index in [0.29, 0.717) is 12.6 Å². The Bertz CT molecular complexity index is 385. The van der Waals surface area contributed by atoms with E-state index >= 15 is 0 Å². The predicted octanol–water partition coefficient (Wildman–Crippen LogP) is 2.52. The van der Waals surface area contributed by atoms with Crippen LogP contribution in [-0.2, 0) is 0 Å². The lowest BCUT2D eigenvalue weighted by molar-refractivity contribution is 0.00800. The van der Waals surface area contributed by atoms with Gasteiger partial charge in [-0.1, -0.05) is 15.9 Å². The zero-order chi connectivity index (χ0) is 13.2. The second-order valence-corrected chi connectivity index (χ2v) is 6.16. The molecule has 0 unspecified atom stereocenters. The highest BCUT2D eigenvalue weighted by Gasteiger charge is 2.33. The van der Waals surface area contributed by atoms with Crippen molar-refractivity contribution in [3.05, 3.63) is 28.7 Å². The van der Waals surface area contributed by atoms with Crippen molar-refractivity contribution in [3.63, 3.8) is 0 Å². The number of nitrogens with zero attached hydrogens (tertiary/aromatic N) is 1. The largest absolute Gasteiger partial charge is 0.389 e. The molecule has 4 heteroatoms. The molecule has 0 spiro atoms. The third kappa shape index (κ3) is 3.05. The first kappa shape index (κ1) is 13.8. The lowest BCUT2D eigenvalue weighted by Gasteiger charge is -2.39. The van der Waals surface area contributed by atoms with Crippen LogP contribution in [0, 0.1) is 0 Å². The Morgan fingerprint density at radius 2 is 1.89 bits per heavy atom. The lowest BCUT2D eigenvalue weighted by atomic mass is 9.81. The second kappa shape index (κ2) is 5.59. The van der Waals surface area contributed by atoms with Gasteiger partial charge in [0.25, 0.3) is 0 Å². The summed E-state index contributed by atoms with van der Waals surface area (Å²) in [7, 11) is 2.13. The average Bonchev–Trinajstić information content (AvgIpc) is 2.40. The van der Waals surface area contributed by atoms with Gasteiger partial charge in [-0.05, 0) is 49.9 Å². The summed E-state index contributed by atoms with van der Waals surface area (Å²) >= 11 is 3.45. The molecule has 1 aliphatic rings. The van der Waals surface area contributed by atoms with E-state index in [4.69, 9.17) is 5.73 Å². The molecule has 18 heavy (non-hydrogen) atoms. The van der Waals surface area contributed by atoms with Crippen LogP contribution in [0.25, 0.3) is 0 Å². The zero-order valence-electron chi connectivity index (χ0n) is 10.8. The molecule has 3 N–H and O–H groups in total. The van der Waals surface area contributed by atoms with Crippen LogP contribution < -0.4 is 10.6 Å². The van der Waals surface area contributed by atoms with Crippen LogP contribution in [0.4, 0.5) is 5.69 Å². The first-order valence-electron chi connectivity index (χ1n) is 6.45. The molecule has 1 fully saturated rings. The van der Waals surface area contributed by atoms with E-state index in [0.717, 1.165) is 30.2 Å². The number of hydrogen-bond donors (Lipinski definition) is 2. The Hall–Kier alpha value is -0.580.